The van der Waals surface area contributed by atoms with Gasteiger partial charge in [0.05, 0.1) is 21.3 Å². The molecule has 2 N–H and O–H groups in total. The Kier molecular flexibility index (Phi) is 6.87. The monoisotopic (exact) mass is 404 g/mol. The van der Waals surface area contributed by atoms with Crippen LogP contribution < -0.4 is 19.5 Å². The normalized spacial score (nSPS) is 10.3. The molecule has 9 heteroatoms. The van der Waals surface area contributed by atoms with Crippen molar-refractivity contribution in [2.45, 2.75) is 20.8 Å². The Morgan fingerprint density at radius 3 is 2.03 bits per heavy atom. The van der Waals surface area contributed by atoms with Crippen LogP contribution in [0.3, 0.4) is 0 Å². The number of amides is 1. The van der Waals surface area contributed by atoms with Crippen molar-refractivity contribution >= 4 is 23.3 Å². The molecule has 29 heavy (non-hydrogen) atoms. The van der Waals surface area contributed by atoms with Crippen molar-refractivity contribution in [3.63, 3.8) is 0 Å². The van der Waals surface area contributed by atoms with Gasteiger partial charge in [0.1, 0.15) is 5.69 Å². The molecule has 1 aromatic carbocycles. The highest BCUT2D eigenvalue weighted by Gasteiger charge is 2.22. The number of ether oxygens (including phenoxy) is 4. The van der Waals surface area contributed by atoms with E-state index >= 15 is 0 Å². The number of carbonyl (C=O) groups is 3. The summed E-state index contributed by atoms with van der Waals surface area (Å²) in [6.45, 7) is 4.25. The first-order valence-electron chi connectivity index (χ1n) is 8.70. The molecule has 0 unspecified atom stereocenters. The van der Waals surface area contributed by atoms with Crippen molar-refractivity contribution in [2.75, 3.05) is 33.3 Å². The van der Waals surface area contributed by atoms with Gasteiger partial charge < -0.3 is 29.2 Å². The van der Waals surface area contributed by atoms with Crippen molar-refractivity contribution in [3.8, 4) is 17.2 Å². The molecule has 0 bridgehead atoms. The molecule has 0 fully saturated rings. The van der Waals surface area contributed by atoms with Gasteiger partial charge in [0.15, 0.2) is 23.9 Å². The fraction of sp³-hybridized carbons (Fsp3) is 0.350. The number of ketones is 1. The summed E-state index contributed by atoms with van der Waals surface area (Å²) in [5.41, 5.74) is 2.03. The molecule has 156 valence electrons. The number of benzene rings is 1. The number of H-pyrrole nitrogens is 1. The summed E-state index contributed by atoms with van der Waals surface area (Å²) in [6, 6.07) is 3.11. The van der Waals surface area contributed by atoms with Crippen LogP contribution in [-0.2, 0) is 9.53 Å². The number of methoxy groups -OCH3 is 3. The second-order valence-corrected chi connectivity index (χ2v) is 6.22. The van der Waals surface area contributed by atoms with Crippen molar-refractivity contribution in [2.24, 2.45) is 0 Å². The molecular formula is C20H24N2O7. The van der Waals surface area contributed by atoms with Crippen molar-refractivity contribution in [3.05, 3.63) is 34.6 Å². The molecule has 2 rings (SSSR count). The molecule has 0 aliphatic carbocycles. The number of aryl methyl sites for hydroxylation is 1. The predicted molar refractivity (Wildman–Crippen MR) is 105 cm³/mol. The van der Waals surface area contributed by atoms with Crippen LogP contribution in [0.1, 0.15) is 39.0 Å². The zero-order valence-electron chi connectivity index (χ0n) is 17.2. The minimum absolute atomic E-state index is 0.147. The minimum Gasteiger partial charge on any atom is -0.493 e. The average molecular weight is 404 g/mol. The molecule has 0 saturated carbocycles. The second-order valence-electron chi connectivity index (χ2n) is 6.22. The SMILES string of the molecule is COc1cc(NC(=O)COC(=O)c2[nH]c(C)c(C(C)=O)c2C)cc(OC)c1OC. The number of nitrogens with one attached hydrogen (secondary N) is 2. The predicted octanol–water partition coefficient (Wildman–Crippen LogP) is 2.66. The third-order valence-corrected chi connectivity index (χ3v) is 4.28. The molecule has 2 aromatic rings. The quantitative estimate of drug-likeness (QED) is 0.513. The van der Waals surface area contributed by atoms with Gasteiger partial charge in [0, 0.05) is 29.1 Å². The average Bonchev–Trinajstić information content (AvgIpc) is 2.99. The Hall–Kier alpha value is -3.49. The fourth-order valence-corrected chi connectivity index (χ4v) is 3.04. The van der Waals surface area contributed by atoms with Crippen LogP contribution >= 0.6 is 0 Å². The Morgan fingerprint density at radius 2 is 1.59 bits per heavy atom. The lowest BCUT2D eigenvalue weighted by atomic mass is 10.1. The Balaban J connectivity index is 2.08. The maximum atomic E-state index is 12.3. The highest BCUT2D eigenvalue weighted by atomic mass is 16.5. The van der Waals surface area contributed by atoms with Crippen LogP contribution in [0, 0.1) is 13.8 Å². The van der Waals surface area contributed by atoms with Gasteiger partial charge in [-0.25, -0.2) is 4.79 Å². The van der Waals surface area contributed by atoms with Crippen molar-refractivity contribution in [1.29, 1.82) is 0 Å². The third-order valence-electron chi connectivity index (χ3n) is 4.28. The summed E-state index contributed by atoms with van der Waals surface area (Å²) in [7, 11) is 4.39. The number of aromatic amines is 1. The summed E-state index contributed by atoms with van der Waals surface area (Å²) in [4.78, 5) is 39.0. The molecule has 9 nitrogen and oxygen atoms in total. The lowest BCUT2D eigenvalue weighted by Crippen LogP contribution is -2.21. The number of hydrogen-bond donors (Lipinski definition) is 2. The van der Waals surface area contributed by atoms with E-state index in [0.717, 1.165) is 0 Å². The lowest BCUT2D eigenvalue weighted by Gasteiger charge is -2.14. The molecular weight excluding hydrogens is 380 g/mol. The maximum Gasteiger partial charge on any atom is 0.355 e. The Morgan fingerprint density at radius 1 is 1.00 bits per heavy atom. The molecule has 0 spiro atoms. The maximum absolute atomic E-state index is 12.3. The summed E-state index contributed by atoms with van der Waals surface area (Å²) in [6.07, 6.45) is 0. The number of anilines is 1. The van der Waals surface area contributed by atoms with Crippen LogP contribution in [0.15, 0.2) is 12.1 Å². The van der Waals surface area contributed by atoms with E-state index in [1.54, 1.807) is 26.0 Å². The number of rotatable bonds is 8. The number of carbonyl (C=O) groups excluding carboxylic acids is 3. The van der Waals surface area contributed by atoms with E-state index in [9.17, 15) is 14.4 Å². The standard InChI is InChI=1S/C20H24N2O7/c1-10-17(12(3)23)11(2)21-18(10)20(25)29-9-16(24)22-13-7-14(26-4)19(28-6)15(8-13)27-5/h7-8,21H,9H2,1-6H3,(H,22,24). The first-order valence-corrected chi connectivity index (χ1v) is 8.70. The molecule has 0 aliphatic rings. The summed E-state index contributed by atoms with van der Waals surface area (Å²) < 4.78 is 20.8. The van der Waals surface area contributed by atoms with Crippen LogP contribution in [0.4, 0.5) is 5.69 Å². The number of esters is 1. The summed E-state index contributed by atoms with van der Waals surface area (Å²) >= 11 is 0. The van der Waals surface area contributed by atoms with E-state index in [-0.39, 0.29) is 11.5 Å². The van der Waals surface area contributed by atoms with Crippen molar-refractivity contribution < 1.29 is 33.3 Å². The molecule has 0 saturated heterocycles. The summed E-state index contributed by atoms with van der Waals surface area (Å²) in [5, 5.41) is 2.60. The zero-order chi connectivity index (χ0) is 21.7. The van der Waals surface area contributed by atoms with Gasteiger partial charge in [-0.2, -0.15) is 0 Å². The second kappa shape index (κ2) is 9.13. The van der Waals surface area contributed by atoms with Crippen LogP contribution in [0.5, 0.6) is 17.2 Å². The molecule has 1 amide bonds. The molecule has 0 atom stereocenters. The van der Waals surface area contributed by atoms with Crippen LogP contribution in [-0.4, -0.2) is 50.6 Å². The highest BCUT2D eigenvalue weighted by molar-refractivity contribution is 6.01. The Bertz CT molecular complexity index is 922. The fourth-order valence-electron chi connectivity index (χ4n) is 3.04. The van der Waals surface area contributed by atoms with Gasteiger partial charge in [-0.3, -0.25) is 9.59 Å². The highest BCUT2D eigenvalue weighted by Crippen LogP contribution is 2.39. The smallest absolute Gasteiger partial charge is 0.355 e. The largest absolute Gasteiger partial charge is 0.493 e. The van der Waals surface area contributed by atoms with Gasteiger partial charge in [-0.1, -0.05) is 0 Å². The van der Waals surface area contributed by atoms with E-state index in [2.05, 4.69) is 10.3 Å². The first kappa shape index (κ1) is 21.8. The third kappa shape index (κ3) is 4.68. The number of hydrogen-bond acceptors (Lipinski definition) is 7. The van der Waals surface area contributed by atoms with Crippen LogP contribution in [0.2, 0.25) is 0 Å². The first-order chi connectivity index (χ1) is 13.7. The molecule has 0 aliphatic heterocycles. The van der Waals surface area contributed by atoms with E-state index in [0.29, 0.717) is 39.8 Å². The van der Waals surface area contributed by atoms with E-state index in [1.807, 2.05) is 0 Å². The molecule has 1 aromatic heterocycles. The minimum atomic E-state index is -0.724. The van der Waals surface area contributed by atoms with E-state index < -0.39 is 18.5 Å². The van der Waals surface area contributed by atoms with Gasteiger partial charge in [0.2, 0.25) is 5.75 Å². The lowest BCUT2D eigenvalue weighted by molar-refractivity contribution is -0.119. The Labute approximate surface area is 168 Å². The molecule has 0 radical (unpaired) electrons. The van der Waals surface area contributed by atoms with Gasteiger partial charge in [-0.05, 0) is 26.3 Å². The van der Waals surface area contributed by atoms with Gasteiger partial charge >= 0.3 is 5.97 Å². The number of aromatic nitrogens is 1. The molecule has 1 heterocycles. The van der Waals surface area contributed by atoms with Gasteiger partial charge in [-0.15, -0.1) is 0 Å². The van der Waals surface area contributed by atoms with Crippen LogP contribution in [0.25, 0.3) is 0 Å². The van der Waals surface area contributed by atoms with Crippen molar-refractivity contribution in [1.82, 2.24) is 4.98 Å². The zero-order valence-corrected chi connectivity index (χ0v) is 17.2. The van der Waals surface area contributed by atoms with E-state index in [1.165, 1.54) is 28.3 Å². The summed E-state index contributed by atoms with van der Waals surface area (Å²) in [5.74, 6) is -0.311. The van der Waals surface area contributed by atoms with Gasteiger partial charge in [0.25, 0.3) is 5.91 Å². The van der Waals surface area contributed by atoms with E-state index in [4.69, 9.17) is 18.9 Å². The number of Topliss-reactive ketones (excluding diaryl/α,β-unsaturated/α-hetero) is 1. The topological polar surface area (TPSA) is 116 Å².